The SMILES string of the molecule is C1=CNCC(C2=CC(n3c4ccccc4c4c5c(ccc43)N(c3ccccc3)C3C=CC=CC3C=C5)CC(c3cccnc3)=C2)=C1. The standard InChI is InChI=1S/C42H34N4/c1-2-13-34(14-3-1)45-38-16-6-4-10-29(38)18-19-37-40(45)20-21-41-42(37)36-15-5-7-17-39(36)46(41)35-25-32(30-11-8-22-43-27-30)24-33(26-35)31-12-9-23-44-28-31/h1-25,28-29,35,38,43H,26-27H2. The summed E-state index contributed by atoms with van der Waals surface area (Å²) in [5.74, 6) is 0.281. The van der Waals surface area contributed by atoms with Gasteiger partial charge in [-0.05, 0) is 77.4 Å². The zero-order valence-electron chi connectivity index (χ0n) is 25.5. The Morgan fingerprint density at radius 3 is 2.54 bits per heavy atom. The van der Waals surface area contributed by atoms with Gasteiger partial charge in [0.25, 0.3) is 0 Å². The highest BCUT2D eigenvalue weighted by molar-refractivity contribution is 6.14. The predicted molar refractivity (Wildman–Crippen MR) is 192 cm³/mol. The number of para-hydroxylation sites is 2. The fraction of sp³-hybridized carbons (Fsp3) is 0.119. The molecule has 0 saturated carbocycles. The van der Waals surface area contributed by atoms with Gasteiger partial charge in [-0.25, -0.2) is 0 Å². The first-order chi connectivity index (χ1) is 22.8. The number of hydrogen-bond acceptors (Lipinski definition) is 3. The van der Waals surface area contributed by atoms with E-state index in [9.17, 15) is 0 Å². The molecular formula is C42H34N4. The molecule has 46 heavy (non-hydrogen) atoms. The summed E-state index contributed by atoms with van der Waals surface area (Å²) in [5, 5.41) is 6.01. The molecule has 4 aliphatic rings. The summed E-state index contributed by atoms with van der Waals surface area (Å²) in [7, 11) is 0. The van der Waals surface area contributed by atoms with E-state index in [1.165, 1.54) is 61.0 Å². The number of allylic oxidation sites excluding steroid dienone is 7. The van der Waals surface area contributed by atoms with Crippen LogP contribution < -0.4 is 10.2 Å². The van der Waals surface area contributed by atoms with E-state index in [-0.39, 0.29) is 18.0 Å². The molecule has 222 valence electrons. The van der Waals surface area contributed by atoms with Crippen molar-refractivity contribution in [1.82, 2.24) is 14.9 Å². The Balaban J connectivity index is 1.28. The van der Waals surface area contributed by atoms with Crippen molar-refractivity contribution >= 4 is 44.8 Å². The fourth-order valence-corrected chi connectivity index (χ4v) is 7.72. The van der Waals surface area contributed by atoms with Gasteiger partial charge in [0.2, 0.25) is 0 Å². The fourth-order valence-electron chi connectivity index (χ4n) is 7.72. The summed E-state index contributed by atoms with van der Waals surface area (Å²) in [6.45, 7) is 0.817. The van der Waals surface area contributed by atoms with E-state index in [0.717, 1.165) is 13.0 Å². The van der Waals surface area contributed by atoms with Gasteiger partial charge in [0, 0.05) is 58.1 Å². The Kier molecular flexibility index (Phi) is 6.45. The van der Waals surface area contributed by atoms with E-state index in [1.807, 2.05) is 24.7 Å². The second-order valence-electron chi connectivity index (χ2n) is 12.4. The third-order valence-corrected chi connectivity index (χ3v) is 9.79. The molecule has 0 saturated heterocycles. The molecule has 0 radical (unpaired) electrons. The number of dihydropyridines is 1. The molecule has 4 heterocycles. The van der Waals surface area contributed by atoms with Crippen LogP contribution in [-0.4, -0.2) is 22.1 Å². The minimum Gasteiger partial charge on any atom is -0.387 e. The number of fused-ring (bicyclic) bond motifs is 6. The molecule has 0 amide bonds. The average Bonchev–Trinajstić information content (AvgIpc) is 3.37. The first kappa shape index (κ1) is 26.8. The first-order valence-corrected chi connectivity index (χ1v) is 16.2. The molecule has 3 unspecified atom stereocenters. The number of rotatable bonds is 4. The number of pyridine rings is 1. The highest BCUT2D eigenvalue weighted by atomic mass is 15.2. The largest absolute Gasteiger partial charge is 0.387 e. The Morgan fingerprint density at radius 1 is 0.783 bits per heavy atom. The van der Waals surface area contributed by atoms with Crippen LogP contribution in [0.1, 0.15) is 23.6 Å². The molecule has 4 heteroatoms. The van der Waals surface area contributed by atoms with Gasteiger partial charge in [0.05, 0.1) is 17.6 Å². The lowest BCUT2D eigenvalue weighted by molar-refractivity contribution is 0.651. The lowest BCUT2D eigenvalue weighted by Gasteiger charge is -2.35. The molecule has 4 nitrogen and oxygen atoms in total. The van der Waals surface area contributed by atoms with E-state index in [0.29, 0.717) is 0 Å². The maximum Gasteiger partial charge on any atom is 0.0623 e. The lowest BCUT2D eigenvalue weighted by atomic mass is 9.87. The Bertz CT molecular complexity index is 2190. The highest BCUT2D eigenvalue weighted by Crippen LogP contribution is 2.46. The van der Waals surface area contributed by atoms with Crippen molar-refractivity contribution in [2.75, 3.05) is 11.4 Å². The number of nitrogens with zero attached hydrogens (tertiary/aromatic N) is 3. The van der Waals surface area contributed by atoms with E-state index < -0.39 is 0 Å². The van der Waals surface area contributed by atoms with Crippen molar-refractivity contribution < 1.29 is 0 Å². The Hall–Kier alpha value is -5.61. The van der Waals surface area contributed by atoms with Crippen molar-refractivity contribution in [3.8, 4) is 0 Å². The van der Waals surface area contributed by atoms with Crippen LogP contribution in [0.2, 0.25) is 0 Å². The molecule has 2 aliphatic heterocycles. The van der Waals surface area contributed by atoms with Crippen LogP contribution in [0.5, 0.6) is 0 Å². The molecular weight excluding hydrogens is 560 g/mol. The van der Waals surface area contributed by atoms with Crippen LogP contribution >= 0.6 is 0 Å². The number of aromatic nitrogens is 2. The van der Waals surface area contributed by atoms with Crippen LogP contribution in [0.3, 0.4) is 0 Å². The molecule has 9 rings (SSSR count). The molecule has 2 aromatic heterocycles. The van der Waals surface area contributed by atoms with Gasteiger partial charge in [-0.1, -0.05) is 97.1 Å². The lowest BCUT2D eigenvalue weighted by Crippen LogP contribution is -2.35. The average molecular weight is 595 g/mol. The predicted octanol–water partition coefficient (Wildman–Crippen LogP) is 9.46. The minimum atomic E-state index is 0.135. The van der Waals surface area contributed by atoms with Crippen molar-refractivity contribution in [1.29, 1.82) is 0 Å². The Labute approximate surface area is 269 Å². The molecule has 2 aliphatic carbocycles. The van der Waals surface area contributed by atoms with E-state index in [1.54, 1.807) is 0 Å². The number of benzene rings is 3. The van der Waals surface area contributed by atoms with Gasteiger partial charge in [-0.15, -0.1) is 0 Å². The summed E-state index contributed by atoms with van der Waals surface area (Å²) in [4.78, 5) is 7.01. The van der Waals surface area contributed by atoms with Crippen LogP contribution in [0.15, 0.2) is 163 Å². The second-order valence-corrected chi connectivity index (χ2v) is 12.4. The van der Waals surface area contributed by atoms with E-state index in [2.05, 4.69) is 153 Å². The molecule has 0 bridgehead atoms. The summed E-state index contributed by atoms with van der Waals surface area (Å²) in [5.41, 5.74) is 11.3. The summed E-state index contributed by atoms with van der Waals surface area (Å²) in [6, 6.07) is 29.1. The van der Waals surface area contributed by atoms with Gasteiger partial charge in [-0.2, -0.15) is 0 Å². The third kappa shape index (κ3) is 4.40. The van der Waals surface area contributed by atoms with Crippen LogP contribution in [-0.2, 0) is 0 Å². The van der Waals surface area contributed by atoms with Gasteiger partial charge >= 0.3 is 0 Å². The number of hydrogen-bond donors (Lipinski definition) is 1. The molecule has 0 spiro atoms. The van der Waals surface area contributed by atoms with Gasteiger partial charge < -0.3 is 14.8 Å². The summed E-state index contributed by atoms with van der Waals surface area (Å²) >= 11 is 0. The monoisotopic (exact) mass is 594 g/mol. The maximum absolute atomic E-state index is 4.48. The topological polar surface area (TPSA) is 33.1 Å². The van der Waals surface area contributed by atoms with Crippen LogP contribution in [0.25, 0.3) is 33.5 Å². The van der Waals surface area contributed by atoms with Gasteiger partial charge in [-0.3, -0.25) is 4.98 Å². The van der Waals surface area contributed by atoms with E-state index in [4.69, 9.17) is 0 Å². The molecule has 0 fully saturated rings. The normalized spacial score (nSPS) is 21.7. The van der Waals surface area contributed by atoms with Gasteiger partial charge in [0.15, 0.2) is 0 Å². The van der Waals surface area contributed by atoms with Crippen LogP contribution in [0.4, 0.5) is 11.4 Å². The first-order valence-electron chi connectivity index (χ1n) is 16.2. The van der Waals surface area contributed by atoms with Crippen LogP contribution in [0, 0.1) is 5.92 Å². The molecule has 3 aromatic carbocycles. The highest BCUT2D eigenvalue weighted by Gasteiger charge is 2.31. The summed E-state index contributed by atoms with van der Waals surface area (Å²) < 4.78 is 2.58. The second kappa shape index (κ2) is 11.1. The third-order valence-electron chi connectivity index (χ3n) is 9.79. The molecule has 1 N–H and O–H groups in total. The van der Waals surface area contributed by atoms with Crippen molar-refractivity contribution in [2.24, 2.45) is 5.92 Å². The number of nitrogens with one attached hydrogen (secondary N) is 1. The van der Waals surface area contributed by atoms with Gasteiger partial charge in [0.1, 0.15) is 0 Å². The maximum atomic E-state index is 4.48. The zero-order valence-corrected chi connectivity index (χ0v) is 25.5. The smallest absolute Gasteiger partial charge is 0.0623 e. The van der Waals surface area contributed by atoms with Crippen molar-refractivity contribution in [3.05, 3.63) is 174 Å². The zero-order chi connectivity index (χ0) is 30.5. The molecule has 5 aromatic rings. The quantitative estimate of drug-likeness (QED) is 0.225. The molecule has 3 atom stereocenters. The van der Waals surface area contributed by atoms with Crippen molar-refractivity contribution in [2.45, 2.75) is 18.5 Å². The summed E-state index contributed by atoms with van der Waals surface area (Å²) in [6.07, 6.45) is 29.7. The van der Waals surface area contributed by atoms with Crippen molar-refractivity contribution in [3.63, 3.8) is 0 Å². The number of anilines is 2. The minimum absolute atomic E-state index is 0.135. The Morgan fingerprint density at radius 2 is 1.67 bits per heavy atom. The van der Waals surface area contributed by atoms with E-state index >= 15 is 0 Å².